The van der Waals surface area contributed by atoms with Gasteiger partial charge in [-0.3, -0.25) is 0 Å². The molecule has 80 valence electrons. The van der Waals surface area contributed by atoms with Gasteiger partial charge in [0.15, 0.2) is 0 Å². The third-order valence-corrected chi connectivity index (χ3v) is 1.25. The first kappa shape index (κ1) is 15.3. The summed E-state index contributed by atoms with van der Waals surface area (Å²) in [5.41, 5.74) is -0.426. The van der Waals surface area contributed by atoms with E-state index in [4.69, 9.17) is 16.3 Å². The third kappa shape index (κ3) is 11.9. The first-order valence-electron chi connectivity index (χ1n) is 3.98. The Morgan fingerprint density at radius 1 is 1.46 bits per heavy atom. The molecule has 0 bridgehead atoms. The van der Waals surface area contributed by atoms with Crippen molar-refractivity contribution < 1.29 is 9.53 Å². The first-order chi connectivity index (χ1) is 5.45. The largest absolute Gasteiger partial charge is 0.444 e. The van der Waals surface area contributed by atoms with Gasteiger partial charge in [-0.15, -0.1) is 24.0 Å². The molecule has 0 fully saturated rings. The highest BCUT2D eigenvalue weighted by Gasteiger charge is 2.14. The van der Waals surface area contributed by atoms with Gasteiger partial charge in [-0.05, 0) is 27.2 Å². The van der Waals surface area contributed by atoms with Crippen LogP contribution in [0.1, 0.15) is 27.2 Å². The second kappa shape index (κ2) is 7.27. The van der Waals surface area contributed by atoms with Crippen LogP contribution in [0, 0.1) is 0 Å². The van der Waals surface area contributed by atoms with E-state index in [2.05, 4.69) is 5.32 Å². The number of alkyl halides is 1. The molecule has 5 heteroatoms. The van der Waals surface area contributed by atoms with Gasteiger partial charge in [-0.2, -0.15) is 0 Å². The lowest BCUT2D eigenvalue weighted by Crippen LogP contribution is -2.33. The highest BCUT2D eigenvalue weighted by Crippen LogP contribution is 2.06. The Hall–Kier alpha value is -0.150. The topological polar surface area (TPSA) is 38.3 Å². The number of hydrogen-bond acceptors (Lipinski definition) is 2. The summed E-state index contributed by atoms with van der Waals surface area (Å²) < 4.78 is 4.99. The maximum Gasteiger partial charge on any atom is 0.407 e. The maximum absolute atomic E-state index is 11.0. The van der Waals surface area contributed by atoms with Crippen molar-refractivity contribution >= 4 is 30.1 Å². The number of rotatable bonds is 3. The fourth-order valence-corrected chi connectivity index (χ4v) is 0.705. The number of ether oxygens (including phenoxy) is 1. The molecule has 1 amide bonds. The summed E-state index contributed by atoms with van der Waals surface area (Å²) in [6.07, 6.45) is 0.383. The molecule has 13 heavy (non-hydrogen) atoms. The van der Waals surface area contributed by atoms with Crippen molar-refractivity contribution in [3.8, 4) is 0 Å². The van der Waals surface area contributed by atoms with E-state index in [9.17, 15) is 4.79 Å². The molecule has 3 nitrogen and oxygen atoms in total. The van der Waals surface area contributed by atoms with E-state index in [-0.39, 0.29) is 18.5 Å². The van der Waals surface area contributed by atoms with E-state index in [1.165, 1.54) is 0 Å². The minimum absolute atomic E-state index is 0. The molecular formula is C8H17Cl2NO2. The van der Waals surface area contributed by atoms with Crippen molar-refractivity contribution in [2.75, 3.05) is 12.4 Å². The predicted molar refractivity (Wildman–Crippen MR) is 56.8 cm³/mol. The van der Waals surface area contributed by atoms with Crippen molar-refractivity contribution in [2.24, 2.45) is 0 Å². The van der Waals surface area contributed by atoms with Gasteiger partial charge < -0.3 is 10.1 Å². The third-order valence-electron chi connectivity index (χ3n) is 0.979. The van der Waals surface area contributed by atoms with Crippen LogP contribution in [-0.4, -0.2) is 24.1 Å². The molecule has 0 unspecified atom stereocenters. The number of alkyl carbamates (subject to hydrolysis) is 1. The van der Waals surface area contributed by atoms with Crippen LogP contribution in [0.4, 0.5) is 4.79 Å². The summed E-state index contributed by atoms with van der Waals surface area (Å²) >= 11 is 5.43. The van der Waals surface area contributed by atoms with Crippen LogP contribution in [0.5, 0.6) is 0 Å². The van der Waals surface area contributed by atoms with E-state index >= 15 is 0 Å². The van der Waals surface area contributed by atoms with Crippen molar-refractivity contribution in [1.29, 1.82) is 0 Å². The number of hydrogen-bond donors (Lipinski definition) is 1. The van der Waals surface area contributed by atoms with Crippen molar-refractivity contribution in [1.82, 2.24) is 5.32 Å². The summed E-state index contributed by atoms with van der Waals surface area (Å²) in [5, 5.41) is 2.59. The minimum atomic E-state index is -0.426. The van der Waals surface area contributed by atoms with Gasteiger partial charge in [-0.1, -0.05) is 0 Å². The average Bonchev–Trinajstić information content (AvgIpc) is 1.84. The van der Waals surface area contributed by atoms with Crippen molar-refractivity contribution in [3.05, 3.63) is 0 Å². The van der Waals surface area contributed by atoms with Gasteiger partial charge in [0, 0.05) is 12.4 Å². The fourth-order valence-electron chi connectivity index (χ4n) is 0.571. The Morgan fingerprint density at radius 2 is 2.00 bits per heavy atom. The van der Waals surface area contributed by atoms with Gasteiger partial charge in [0.1, 0.15) is 5.60 Å². The molecule has 0 aliphatic rings. The normalized spacial score (nSPS) is 10.2. The quantitative estimate of drug-likeness (QED) is 0.597. The Morgan fingerprint density at radius 3 is 2.38 bits per heavy atom. The van der Waals surface area contributed by atoms with Gasteiger partial charge in [0.05, 0.1) is 0 Å². The highest BCUT2D eigenvalue weighted by atomic mass is 35.5. The number of nitrogens with one attached hydrogen (secondary N) is 1. The van der Waals surface area contributed by atoms with Crippen molar-refractivity contribution in [3.63, 3.8) is 0 Å². The second-order valence-electron chi connectivity index (χ2n) is 3.47. The zero-order valence-corrected chi connectivity index (χ0v) is 9.80. The maximum atomic E-state index is 11.0. The summed E-state index contributed by atoms with van der Waals surface area (Å²) in [6, 6.07) is 0. The first-order valence-corrected chi connectivity index (χ1v) is 4.52. The summed E-state index contributed by atoms with van der Waals surface area (Å²) in [4.78, 5) is 11.0. The van der Waals surface area contributed by atoms with Gasteiger partial charge >= 0.3 is 6.09 Å². The number of amides is 1. The molecule has 0 aromatic heterocycles. The molecule has 0 spiro atoms. The molecular weight excluding hydrogens is 213 g/mol. The van der Waals surface area contributed by atoms with E-state index in [1.807, 2.05) is 20.8 Å². The summed E-state index contributed by atoms with van der Waals surface area (Å²) in [5.74, 6) is 0.551. The van der Waals surface area contributed by atoms with E-state index in [0.717, 1.165) is 6.42 Å². The molecule has 0 heterocycles. The number of carbonyl (C=O) groups is 1. The van der Waals surface area contributed by atoms with E-state index in [0.29, 0.717) is 12.4 Å². The second-order valence-corrected chi connectivity index (χ2v) is 3.85. The molecule has 0 aliphatic heterocycles. The number of halogens is 2. The van der Waals surface area contributed by atoms with E-state index < -0.39 is 5.60 Å². The molecule has 0 atom stereocenters. The molecule has 1 N–H and O–H groups in total. The Balaban J connectivity index is 0. The van der Waals surface area contributed by atoms with E-state index in [1.54, 1.807) is 0 Å². The van der Waals surface area contributed by atoms with Crippen LogP contribution in [-0.2, 0) is 4.74 Å². The zero-order chi connectivity index (χ0) is 9.61. The molecule has 0 saturated carbocycles. The van der Waals surface area contributed by atoms with Crippen LogP contribution in [0.15, 0.2) is 0 Å². The van der Waals surface area contributed by atoms with Gasteiger partial charge in [0.2, 0.25) is 0 Å². The van der Waals surface area contributed by atoms with Crippen LogP contribution in [0.3, 0.4) is 0 Å². The lowest BCUT2D eigenvalue weighted by Gasteiger charge is -2.19. The summed E-state index contributed by atoms with van der Waals surface area (Å²) in [6.45, 7) is 6.05. The molecule has 0 rings (SSSR count). The fraction of sp³-hybridized carbons (Fsp3) is 0.875. The Labute approximate surface area is 90.6 Å². The number of carbonyl (C=O) groups excluding carboxylic acids is 1. The molecule has 0 aliphatic carbocycles. The molecule has 0 radical (unpaired) electrons. The molecule has 0 aromatic carbocycles. The highest BCUT2D eigenvalue weighted by molar-refractivity contribution is 6.17. The Bertz CT molecular complexity index is 146. The monoisotopic (exact) mass is 229 g/mol. The summed E-state index contributed by atoms with van der Waals surface area (Å²) in [7, 11) is 0. The Kier molecular flexibility index (Phi) is 8.57. The minimum Gasteiger partial charge on any atom is -0.444 e. The SMILES string of the molecule is CC(C)(C)OC(=O)NCCCCl.Cl. The average molecular weight is 230 g/mol. The molecule has 0 aromatic rings. The smallest absolute Gasteiger partial charge is 0.407 e. The van der Waals surface area contributed by atoms with Crippen LogP contribution in [0.2, 0.25) is 0 Å². The lowest BCUT2D eigenvalue weighted by molar-refractivity contribution is 0.0528. The van der Waals surface area contributed by atoms with Crippen LogP contribution >= 0.6 is 24.0 Å². The van der Waals surface area contributed by atoms with Crippen molar-refractivity contribution in [2.45, 2.75) is 32.8 Å². The molecule has 0 saturated heterocycles. The van der Waals surface area contributed by atoms with Gasteiger partial charge in [-0.25, -0.2) is 4.79 Å². The van der Waals surface area contributed by atoms with Gasteiger partial charge in [0.25, 0.3) is 0 Å². The standard InChI is InChI=1S/C8H16ClNO2.ClH/c1-8(2,3)12-7(11)10-6-4-5-9;/h4-6H2,1-3H3,(H,10,11);1H. The zero-order valence-electron chi connectivity index (χ0n) is 8.22. The predicted octanol–water partition coefficient (Wildman–Crippen LogP) is 2.56. The van der Waals surface area contributed by atoms with Crippen LogP contribution < -0.4 is 5.32 Å². The lowest BCUT2D eigenvalue weighted by atomic mass is 10.2. The van der Waals surface area contributed by atoms with Crippen LogP contribution in [0.25, 0.3) is 0 Å².